The van der Waals surface area contributed by atoms with Gasteiger partial charge in [-0.15, -0.1) is 0 Å². The zero-order valence-electron chi connectivity index (χ0n) is 18.2. The fourth-order valence-electron chi connectivity index (χ4n) is 5.04. The third-order valence-electron chi connectivity index (χ3n) is 7.22. The first-order valence-electron chi connectivity index (χ1n) is 10.5. The summed E-state index contributed by atoms with van der Waals surface area (Å²) in [4.78, 5) is 13.1. The fourth-order valence-corrected chi connectivity index (χ4v) is 7.54. The van der Waals surface area contributed by atoms with Crippen molar-refractivity contribution >= 4 is 47.1 Å². The second kappa shape index (κ2) is 7.95. The van der Waals surface area contributed by atoms with E-state index in [-0.39, 0.29) is 21.2 Å². The number of hydrogen-bond acceptors (Lipinski definition) is 6. The summed E-state index contributed by atoms with van der Waals surface area (Å²) in [6.07, 6.45) is 3.72. The predicted molar refractivity (Wildman–Crippen MR) is 136 cm³/mol. The molecule has 7 heteroatoms. The Hall–Kier alpha value is -1.71. The number of aromatic hydroxyl groups is 2. The lowest BCUT2D eigenvalue weighted by Gasteiger charge is -2.63. The molecule has 2 aromatic carbocycles. The number of ketones is 1. The van der Waals surface area contributed by atoms with Crippen molar-refractivity contribution < 1.29 is 24.9 Å². The third kappa shape index (κ3) is 3.35. The van der Waals surface area contributed by atoms with Crippen LogP contribution in [0, 0.1) is 5.41 Å². The largest absolute Gasteiger partial charge is 0.508 e. The molecule has 2 aromatic rings. The summed E-state index contributed by atoms with van der Waals surface area (Å²) >= 11 is 7.39. The molecule has 2 aliphatic rings. The lowest BCUT2D eigenvalue weighted by atomic mass is 9.56. The van der Waals surface area contributed by atoms with Gasteiger partial charge in [0, 0.05) is 5.41 Å². The van der Waals surface area contributed by atoms with E-state index >= 15 is 0 Å². The van der Waals surface area contributed by atoms with E-state index < -0.39 is 21.9 Å². The maximum absolute atomic E-state index is 13.1. The number of benzene rings is 2. The van der Waals surface area contributed by atoms with Crippen LogP contribution < -0.4 is 4.74 Å². The topological polar surface area (TPSA) is 87.0 Å². The molecule has 4 rings (SSSR count). The minimum Gasteiger partial charge on any atom is -0.508 e. The van der Waals surface area contributed by atoms with Gasteiger partial charge in [0.05, 0.1) is 25.9 Å². The number of phenolic OH excluding ortho intramolecular Hbond substituents is 2. The minimum absolute atomic E-state index is 0.0461. The first-order valence-corrected chi connectivity index (χ1v) is 12.2. The molecule has 5 nitrogen and oxygen atoms in total. The second-order valence-corrected chi connectivity index (χ2v) is 11.4. The number of phenols is 2. The smallest absolute Gasteiger partial charge is 0.189 e. The maximum Gasteiger partial charge on any atom is 0.189 e. The monoisotopic (exact) mass is 566 g/mol. The van der Waals surface area contributed by atoms with Crippen LogP contribution in [0.15, 0.2) is 42.5 Å². The number of aliphatic hydroxyl groups excluding tert-OH is 1. The van der Waals surface area contributed by atoms with Crippen LogP contribution in [-0.2, 0) is 0 Å². The highest BCUT2D eigenvalue weighted by Gasteiger charge is 2.68. The molecule has 3 N–H and O–H groups in total. The van der Waals surface area contributed by atoms with Crippen molar-refractivity contribution in [2.75, 3.05) is 0 Å². The van der Waals surface area contributed by atoms with Gasteiger partial charge in [0.25, 0.3) is 0 Å². The van der Waals surface area contributed by atoms with Crippen LogP contribution in [0.3, 0.4) is 0 Å². The Bertz CT molecular complexity index is 1100. The van der Waals surface area contributed by atoms with Crippen molar-refractivity contribution in [3.63, 3.8) is 0 Å². The van der Waals surface area contributed by atoms with Crippen LogP contribution in [0.2, 0.25) is 0 Å². The molecule has 1 fully saturated rings. The predicted octanol–water partition coefficient (Wildman–Crippen LogP) is 5.47. The van der Waals surface area contributed by atoms with Gasteiger partial charge < -0.3 is 20.1 Å². The Morgan fingerprint density at radius 3 is 2.47 bits per heavy atom. The number of fused-ring (bicyclic) bond motifs is 2. The third-order valence-corrected chi connectivity index (χ3v) is 10.6. The fraction of sp³-hybridized carbons (Fsp3) is 0.400. The molecule has 4 unspecified atom stereocenters. The van der Waals surface area contributed by atoms with Crippen LogP contribution >= 0.6 is 35.2 Å². The highest BCUT2D eigenvalue weighted by atomic mass is 127. The van der Waals surface area contributed by atoms with Gasteiger partial charge in [-0.2, -0.15) is 12.6 Å². The average Bonchev–Trinajstić information content (AvgIpc) is 2.74. The zero-order valence-corrected chi connectivity index (χ0v) is 21.2. The Morgan fingerprint density at radius 2 is 1.81 bits per heavy atom. The first-order chi connectivity index (χ1) is 14.9. The number of carbonyl (C=O) groups excluding carboxylic acids is 1. The summed E-state index contributed by atoms with van der Waals surface area (Å²) < 4.78 is 5.45. The standard InChI is InChI=1S/C25H27IO5S/c1-23(2)19(30)12-13-24(3)25(23,32)22(26)20-18(29)11-9-16(21(20)31-24)17(28)10-6-14-4-7-15(27)8-5-14/h4-11,19,22,27,29-30,32H,12-13H2,1-3H3/b10-6+. The number of hydrogen-bond donors (Lipinski definition) is 4. The molecule has 1 aliphatic carbocycles. The van der Waals surface area contributed by atoms with Gasteiger partial charge in [0.1, 0.15) is 22.8 Å². The summed E-state index contributed by atoms with van der Waals surface area (Å²) in [5.41, 5.74) is 0.332. The van der Waals surface area contributed by atoms with Crippen LogP contribution in [0.4, 0.5) is 0 Å². The molecule has 0 radical (unpaired) electrons. The molecule has 32 heavy (non-hydrogen) atoms. The molecule has 0 saturated heterocycles. The molecule has 1 saturated carbocycles. The molecule has 4 atom stereocenters. The molecular weight excluding hydrogens is 539 g/mol. The molecule has 0 amide bonds. The molecule has 0 bridgehead atoms. The lowest BCUT2D eigenvalue weighted by molar-refractivity contribution is -0.116. The molecule has 0 aromatic heterocycles. The number of halogens is 1. The summed E-state index contributed by atoms with van der Waals surface area (Å²) in [6.45, 7) is 5.94. The summed E-state index contributed by atoms with van der Waals surface area (Å²) in [5.74, 6) is 0.337. The first kappa shape index (κ1) is 23.4. The maximum atomic E-state index is 13.1. The van der Waals surface area contributed by atoms with E-state index in [9.17, 15) is 20.1 Å². The summed E-state index contributed by atoms with van der Waals surface area (Å²) in [7, 11) is 0. The van der Waals surface area contributed by atoms with Crippen LogP contribution in [0.5, 0.6) is 17.2 Å². The Morgan fingerprint density at radius 1 is 1.16 bits per heavy atom. The second-order valence-electron chi connectivity index (χ2n) is 9.40. The Kier molecular flexibility index (Phi) is 5.83. The van der Waals surface area contributed by atoms with E-state index in [4.69, 9.17) is 17.4 Å². The van der Waals surface area contributed by atoms with Gasteiger partial charge in [-0.3, -0.25) is 4.79 Å². The Balaban J connectivity index is 1.79. The minimum atomic E-state index is -0.785. The number of rotatable bonds is 3. The van der Waals surface area contributed by atoms with E-state index in [1.54, 1.807) is 36.4 Å². The lowest BCUT2D eigenvalue weighted by Crippen LogP contribution is -2.69. The van der Waals surface area contributed by atoms with Crippen LogP contribution in [0.25, 0.3) is 6.08 Å². The van der Waals surface area contributed by atoms with Gasteiger partial charge in [0.15, 0.2) is 5.78 Å². The van der Waals surface area contributed by atoms with Gasteiger partial charge in [0.2, 0.25) is 0 Å². The summed E-state index contributed by atoms with van der Waals surface area (Å²) in [6, 6.07) is 9.65. The highest BCUT2D eigenvalue weighted by Crippen LogP contribution is 2.67. The van der Waals surface area contributed by atoms with Crippen LogP contribution in [0.1, 0.15) is 59.0 Å². The van der Waals surface area contributed by atoms with Crippen molar-refractivity contribution in [2.24, 2.45) is 5.41 Å². The number of aliphatic hydroxyl groups is 1. The van der Waals surface area contributed by atoms with E-state index in [2.05, 4.69) is 22.6 Å². The van der Waals surface area contributed by atoms with Gasteiger partial charge in [-0.1, -0.05) is 54.6 Å². The number of thiol groups is 1. The molecule has 170 valence electrons. The summed E-state index contributed by atoms with van der Waals surface area (Å²) in [5, 5.41) is 31.0. The van der Waals surface area contributed by atoms with E-state index in [0.717, 1.165) is 5.56 Å². The molecule has 0 spiro atoms. The average molecular weight is 566 g/mol. The van der Waals surface area contributed by atoms with Crippen molar-refractivity contribution in [1.82, 2.24) is 0 Å². The van der Waals surface area contributed by atoms with Crippen molar-refractivity contribution in [2.45, 2.75) is 54.0 Å². The molecule has 1 aliphatic heterocycles. The van der Waals surface area contributed by atoms with Crippen LogP contribution in [-0.4, -0.2) is 37.6 Å². The van der Waals surface area contributed by atoms with Gasteiger partial charge >= 0.3 is 0 Å². The molecule has 1 heterocycles. The van der Waals surface area contributed by atoms with E-state index in [0.29, 0.717) is 29.7 Å². The highest BCUT2D eigenvalue weighted by molar-refractivity contribution is 14.1. The normalized spacial score (nSPS) is 30.9. The SMILES string of the molecule is CC12CCC(O)C(C)(C)C1(S)C(I)c1c(O)ccc(C(=O)/C=C/c3ccc(O)cc3)c1O2. The number of ether oxygens (including phenoxy) is 1. The van der Waals surface area contributed by atoms with Crippen molar-refractivity contribution in [3.8, 4) is 17.2 Å². The van der Waals surface area contributed by atoms with Gasteiger partial charge in [-0.05, 0) is 55.7 Å². The van der Waals surface area contributed by atoms with E-state index in [1.807, 2.05) is 20.8 Å². The quantitative estimate of drug-likeness (QED) is 0.130. The van der Waals surface area contributed by atoms with E-state index in [1.165, 1.54) is 12.1 Å². The number of alkyl halides is 1. The van der Waals surface area contributed by atoms with Gasteiger partial charge in [-0.25, -0.2) is 0 Å². The Labute approximate surface area is 207 Å². The van der Waals surface area contributed by atoms with Crippen molar-refractivity contribution in [3.05, 3.63) is 59.2 Å². The number of carbonyl (C=O) groups is 1. The number of allylic oxidation sites excluding steroid dienone is 1. The zero-order chi connectivity index (χ0) is 23.5. The van der Waals surface area contributed by atoms with Crippen molar-refractivity contribution in [1.29, 1.82) is 0 Å². The molecular formula is C25H27IO5S.